The Labute approximate surface area is 99.8 Å². The number of carbonyl (C=O) groups excluding carboxylic acids is 1. The second-order valence-electron chi connectivity index (χ2n) is 4.04. The highest BCUT2D eigenvalue weighted by Crippen LogP contribution is 2.17. The summed E-state index contributed by atoms with van der Waals surface area (Å²) >= 11 is 0. The Kier molecular flexibility index (Phi) is 4.09. The van der Waals surface area contributed by atoms with Crippen LogP contribution in [0.1, 0.15) is 24.2 Å². The molecule has 0 bridgehead atoms. The molecule has 0 saturated heterocycles. The highest BCUT2D eigenvalue weighted by Gasteiger charge is 2.13. The molecule has 0 aliphatic heterocycles. The van der Waals surface area contributed by atoms with E-state index in [-0.39, 0.29) is 18.2 Å². The maximum Gasteiger partial charge on any atom is 0.335 e. The van der Waals surface area contributed by atoms with Gasteiger partial charge >= 0.3 is 5.97 Å². The lowest BCUT2D eigenvalue weighted by Gasteiger charge is -2.27. The molecule has 0 spiro atoms. The molecule has 5 heteroatoms. The molecule has 1 rings (SSSR count). The van der Waals surface area contributed by atoms with Crippen molar-refractivity contribution in [2.24, 2.45) is 5.73 Å². The highest BCUT2D eigenvalue weighted by molar-refractivity contribution is 5.88. The predicted molar refractivity (Wildman–Crippen MR) is 65.1 cm³/mol. The van der Waals surface area contributed by atoms with Gasteiger partial charge in [0.2, 0.25) is 5.91 Å². The average Bonchev–Trinajstić information content (AvgIpc) is 2.25. The van der Waals surface area contributed by atoms with E-state index in [0.29, 0.717) is 0 Å². The number of rotatable bonds is 5. The fourth-order valence-corrected chi connectivity index (χ4v) is 1.54. The number of hydrogen-bond acceptors (Lipinski definition) is 3. The second kappa shape index (κ2) is 5.34. The molecule has 0 aliphatic rings. The van der Waals surface area contributed by atoms with Crippen LogP contribution in [0.5, 0.6) is 0 Å². The van der Waals surface area contributed by atoms with Gasteiger partial charge in [-0.3, -0.25) is 4.79 Å². The van der Waals surface area contributed by atoms with E-state index < -0.39 is 11.9 Å². The number of nitrogens with two attached hydrogens (primary N) is 1. The van der Waals surface area contributed by atoms with Gasteiger partial charge in [0, 0.05) is 11.7 Å². The number of amides is 1. The Morgan fingerprint density at radius 3 is 2.18 bits per heavy atom. The van der Waals surface area contributed by atoms with Crippen molar-refractivity contribution in [3.63, 3.8) is 0 Å². The van der Waals surface area contributed by atoms with Crippen LogP contribution in [-0.4, -0.2) is 29.6 Å². The van der Waals surface area contributed by atoms with Crippen molar-refractivity contribution >= 4 is 17.6 Å². The molecule has 3 N–H and O–H groups in total. The van der Waals surface area contributed by atoms with Gasteiger partial charge in [0.05, 0.1) is 12.1 Å². The van der Waals surface area contributed by atoms with Crippen LogP contribution < -0.4 is 10.6 Å². The van der Waals surface area contributed by atoms with Crippen LogP contribution in [0.2, 0.25) is 0 Å². The quantitative estimate of drug-likeness (QED) is 0.801. The van der Waals surface area contributed by atoms with E-state index in [9.17, 15) is 9.59 Å². The first-order valence-corrected chi connectivity index (χ1v) is 5.30. The Bertz CT molecular complexity index is 412. The summed E-state index contributed by atoms with van der Waals surface area (Å²) in [6.45, 7) is 3.99. The first-order chi connectivity index (χ1) is 7.91. The minimum atomic E-state index is -0.970. The van der Waals surface area contributed by atoms with E-state index in [2.05, 4.69) is 0 Å². The third-order valence-electron chi connectivity index (χ3n) is 2.40. The van der Waals surface area contributed by atoms with Crippen LogP contribution in [0.4, 0.5) is 5.69 Å². The molecule has 0 aromatic heterocycles. The number of aromatic carboxylic acids is 1. The van der Waals surface area contributed by atoms with E-state index in [1.54, 1.807) is 12.1 Å². The molecular formula is C12H16N2O3. The Balaban J connectivity index is 2.95. The van der Waals surface area contributed by atoms with E-state index in [1.807, 2.05) is 18.7 Å². The molecule has 5 nitrogen and oxygen atoms in total. The topological polar surface area (TPSA) is 83.6 Å². The molecule has 1 amide bonds. The third kappa shape index (κ3) is 3.48. The molecule has 0 saturated carbocycles. The molecule has 17 heavy (non-hydrogen) atoms. The van der Waals surface area contributed by atoms with Gasteiger partial charge in [-0.25, -0.2) is 4.79 Å². The van der Waals surface area contributed by atoms with Crippen molar-refractivity contribution in [2.75, 3.05) is 11.4 Å². The Morgan fingerprint density at radius 2 is 1.82 bits per heavy atom. The van der Waals surface area contributed by atoms with Crippen LogP contribution in [-0.2, 0) is 4.79 Å². The highest BCUT2D eigenvalue weighted by atomic mass is 16.4. The van der Waals surface area contributed by atoms with Gasteiger partial charge < -0.3 is 15.7 Å². The maximum atomic E-state index is 10.9. The number of primary amides is 1. The van der Waals surface area contributed by atoms with Crippen molar-refractivity contribution in [1.29, 1.82) is 0 Å². The van der Waals surface area contributed by atoms with Crippen LogP contribution >= 0.6 is 0 Å². The van der Waals surface area contributed by atoms with E-state index in [0.717, 1.165) is 5.69 Å². The normalized spacial score (nSPS) is 10.3. The summed E-state index contributed by atoms with van der Waals surface area (Å²) in [6, 6.07) is 6.47. The van der Waals surface area contributed by atoms with Crippen molar-refractivity contribution < 1.29 is 14.7 Å². The Morgan fingerprint density at radius 1 is 1.29 bits per heavy atom. The largest absolute Gasteiger partial charge is 0.478 e. The number of carboxylic acid groups (broad SMARTS) is 1. The lowest BCUT2D eigenvalue weighted by atomic mass is 10.1. The predicted octanol–water partition coefficient (Wildman–Crippen LogP) is 1.08. The monoisotopic (exact) mass is 236 g/mol. The van der Waals surface area contributed by atoms with Gasteiger partial charge in [0.25, 0.3) is 0 Å². The SMILES string of the molecule is CC(C)N(CC(N)=O)c1ccc(C(=O)O)cc1. The fraction of sp³-hybridized carbons (Fsp3) is 0.333. The van der Waals surface area contributed by atoms with E-state index >= 15 is 0 Å². The zero-order valence-corrected chi connectivity index (χ0v) is 9.88. The molecule has 1 aromatic rings. The zero-order valence-electron chi connectivity index (χ0n) is 9.88. The molecule has 0 atom stereocenters. The van der Waals surface area contributed by atoms with Crippen LogP contribution in [0.15, 0.2) is 24.3 Å². The van der Waals surface area contributed by atoms with Gasteiger partial charge in [-0.05, 0) is 38.1 Å². The van der Waals surface area contributed by atoms with Crippen LogP contribution in [0, 0.1) is 0 Å². The van der Waals surface area contributed by atoms with Gasteiger partial charge in [-0.15, -0.1) is 0 Å². The summed E-state index contributed by atoms with van der Waals surface area (Å²) in [4.78, 5) is 23.5. The molecule has 92 valence electrons. The second-order valence-corrected chi connectivity index (χ2v) is 4.04. The summed E-state index contributed by atoms with van der Waals surface area (Å²) < 4.78 is 0. The smallest absolute Gasteiger partial charge is 0.335 e. The average molecular weight is 236 g/mol. The van der Waals surface area contributed by atoms with Crippen molar-refractivity contribution in [2.45, 2.75) is 19.9 Å². The minimum Gasteiger partial charge on any atom is -0.478 e. The lowest BCUT2D eigenvalue weighted by molar-refractivity contribution is -0.116. The van der Waals surface area contributed by atoms with Gasteiger partial charge in [-0.1, -0.05) is 0 Å². The first-order valence-electron chi connectivity index (χ1n) is 5.30. The number of carbonyl (C=O) groups is 2. The summed E-state index contributed by atoms with van der Waals surface area (Å²) in [7, 11) is 0. The van der Waals surface area contributed by atoms with Gasteiger partial charge in [0.1, 0.15) is 0 Å². The Hall–Kier alpha value is -2.04. The van der Waals surface area contributed by atoms with Crippen molar-refractivity contribution in [3.05, 3.63) is 29.8 Å². The first kappa shape index (κ1) is 13.0. The number of nitrogens with zero attached hydrogens (tertiary/aromatic N) is 1. The molecule has 0 heterocycles. The number of hydrogen-bond donors (Lipinski definition) is 2. The molecule has 0 aliphatic carbocycles. The molecule has 1 aromatic carbocycles. The maximum absolute atomic E-state index is 10.9. The van der Waals surface area contributed by atoms with Crippen LogP contribution in [0.3, 0.4) is 0 Å². The van der Waals surface area contributed by atoms with Gasteiger partial charge in [-0.2, -0.15) is 0 Å². The zero-order chi connectivity index (χ0) is 13.0. The van der Waals surface area contributed by atoms with E-state index in [1.165, 1.54) is 12.1 Å². The molecule has 0 radical (unpaired) electrons. The molecule has 0 fully saturated rings. The summed E-state index contributed by atoms with van der Waals surface area (Å²) in [5.74, 6) is -1.39. The molecular weight excluding hydrogens is 220 g/mol. The van der Waals surface area contributed by atoms with E-state index in [4.69, 9.17) is 10.8 Å². The van der Waals surface area contributed by atoms with Crippen LogP contribution in [0.25, 0.3) is 0 Å². The number of carboxylic acids is 1. The summed E-state index contributed by atoms with van der Waals surface area (Å²) in [6.07, 6.45) is 0. The lowest BCUT2D eigenvalue weighted by Crippen LogP contribution is -2.38. The summed E-state index contributed by atoms with van der Waals surface area (Å²) in [5.41, 5.74) is 6.17. The van der Waals surface area contributed by atoms with Crippen molar-refractivity contribution in [1.82, 2.24) is 0 Å². The standard InChI is InChI=1S/C12H16N2O3/c1-8(2)14(7-11(13)15)10-5-3-9(4-6-10)12(16)17/h3-6,8H,7H2,1-2H3,(H2,13,15)(H,16,17). The number of anilines is 1. The molecule has 0 unspecified atom stereocenters. The summed E-state index contributed by atoms with van der Waals surface area (Å²) in [5, 5.41) is 8.78. The van der Waals surface area contributed by atoms with Gasteiger partial charge in [0.15, 0.2) is 0 Å². The third-order valence-corrected chi connectivity index (χ3v) is 2.40. The van der Waals surface area contributed by atoms with Crippen molar-refractivity contribution in [3.8, 4) is 0 Å². The fourth-order valence-electron chi connectivity index (χ4n) is 1.54. The number of benzene rings is 1. The minimum absolute atomic E-state index is 0.109.